The van der Waals surface area contributed by atoms with E-state index in [0.29, 0.717) is 17.9 Å². The molecule has 0 aliphatic carbocycles. The van der Waals surface area contributed by atoms with Crippen molar-refractivity contribution in [3.63, 3.8) is 0 Å². The quantitative estimate of drug-likeness (QED) is 0.872. The van der Waals surface area contributed by atoms with Gasteiger partial charge in [0.2, 0.25) is 0 Å². The molecule has 0 bridgehead atoms. The fraction of sp³-hybridized carbons (Fsp3) is 0.0714. The van der Waals surface area contributed by atoms with Crippen molar-refractivity contribution >= 4 is 0 Å². The van der Waals surface area contributed by atoms with Gasteiger partial charge in [0.25, 0.3) is 0 Å². The highest BCUT2D eigenvalue weighted by atomic mass is 16.5. The van der Waals surface area contributed by atoms with Gasteiger partial charge in [0, 0.05) is 6.54 Å². The lowest BCUT2D eigenvalue weighted by atomic mass is 10.2. The first kappa shape index (κ1) is 11.2. The minimum Gasteiger partial charge on any atom is -0.457 e. The van der Waals surface area contributed by atoms with Gasteiger partial charge in [-0.1, -0.05) is 18.2 Å². The summed E-state index contributed by atoms with van der Waals surface area (Å²) in [7, 11) is 0. The molecule has 0 saturated carbocycles. The highest BCUT2D eigenvalue weighted by molar-refractivity contribution is 5.39. The van der Waals surface area contributed by atoms with Crippen molar-refractivity contribution in [3.05, 3.63) is 59.7 Å². The van der Waals surface area contributed by atoms with Crippen LogP contribution in [0.5, 0.6) is 11.5 Å². The molecule has 17 heavy (non-hydrogen) atoms. The number of nitrogens with zero attached hydrogens (tertiary/aromatic N) is 1. The van der Waals surface area contributed by atoms with Gasteiger partial charge in [-0.15, -0.1) is 0 Å². The van der Waals surface area contributed by atoms with Crippen molar-refractivity contribution in [2.24, 2.45) is 5.73 Å². The molecule has 0 fully saturated rings. The van der Waals surface area contributed by atoms with Crippen molar-refractivity contribution in [2.75, 3.05) is 0 Å². The van der Waals surface area contributed by atoms with E-state index in [1.165, 1.54) is 0 Å². The Kier molecular flexibility index (Phi) is 3.39. The summed E-state index contributed by atoms with van der Waals surface area (Å²) >= 11 is 0. The van der Waals surface area contributed by atoms with E-state index in [0.717, 1.165) is 11.3 Å². The summed E-state index contributed by atoms with van der Waals surface area (Å²) in [5.74, 6) is 1.39. The highest BCUT2D eigenvalue weighted by Gasteiger charge is 1.98. The third-order valence-electron chi connectivity index (χ3n) is 2.36. The number of nitrogens with two attached hydrogens (primary N) is 1. The standard InChI is InChI=1S/C14H12N2O/c15-9-11-4-6-13(7-5-11)17-14-3-1-2-12(8-14)10-16/h1-8H,9,15H2. The number of hydrogen-bond acceptors (Lipinski definition) is 3. The van der Waals surface area contributed by atoms with Gasteiger partial charge in [-0.25, -0.2) is 0 Å². The lowest BCUT2D eigenvalue weighted by Gasteiger charge is -2.06. The summed E-state index contributed by atoms with van der Waals surface area (Å²) < 4.78 is 5.63. The van der Waals surface area contributed by atoms with Crippen molar-refractivity contribution in [1.29, 1.82) is 5.26 Å². The molecule has 0 heterocycles. The summed E-state index contributed by atoms with van der Waals surface area (Å²) in [5, 5.41) is 8.78. The minimum absolute atomic E-state index is 0.518. The van der Waals surface area contributed by atoms with Gasteiger partial charge < -0.3 is 10.5 Å². The Morgan fingerprint density at radius 2 is 1.82 bits per heavy atom. The van der Waals surface area contributed by atoms with Crippen LogP contribution in [0.25, 0.3) is 0 Å². The zero-order valence-corrected chi connectivity index (χ0v) is 9.26. The van der Waals surface area contributed by atoms with Gasteiger partial charge in [0.15, 0.2) is 0 Å². The first-order valence-electron chi connectivity index (χ1n) is 5.29. The molecule has 2 aromatic rings. The predicted octanol–water partition coefficient (Wildman–Crippen LogP) is 2.81. The number of nitriles is 1. The maximum Gasteiger partial charge on any atom is 0.128 e. The average Bonchev–Trinajstić information content (AvgIpc) is 2.40. The van der Waals surface area contributed by atoms with Crippen LogP contribution >= 0.6 is 0 Å². The molecule has 0 radical (unpaired) electrons. The molecule has 0 atom stereocenters. The molecule has 3 nitrogen and oxygen atoms in total. The monoisotopic (exact) mass is 224 g/mol. The normalized spacial score (nSPS) is 9.65. The molecule has 0 saturated heterocycles. The summed E-state index contributed by atoms with van der Waals surface area (Å²) in [6.45, 7) is 0.518. The largest absolute Gasteiger partial charge is 0.457 e. The number of benzene rings is 2. The Balaban J connectivity index is 2.16. The van der Waals surface area contributed by atoms with Gasteiger partial charge in [-0.05, 0) is 35.9 Å². The van der Waals surface area contributed by atoms with E-state index in [1.54, 1.807) is 18.2 Å². The Bertz CT molecular complexity index is 541. The van der Waals surface area contributed by atoms with Crippen molar-refractivity contribution in [2.45, 2.75) is 6.54 Å². The third kappa shape index (κ3) is 2.83. The second-order valence-electron chi connectivity index (χ2n) is 3.59. The number of hydrogen-bond donors (Lipinski definition) is 1. The maximum absolute atomic E-state index is 8.78. The van der Waals surface area contributed by atoms with Crippen LogP contribution in [0.15, 0.2) is 48.5 Å². The van der Waals surface area contributed by atoms with E-state index < -0.39 is 0 Å². The van der Waals surface area contributed by atoms with E-state index in [4.69, 9.17) is 15.7 Å². The Morgan fingerprint density at radius 3 is 2.47 bits per heavy atom. The zero-order chi connectivity index (χ0) is 12.1. The summed E-state index contributed by atoms with van der Waals surface area (Å²) in [6.07, 6.45) is 0. The van der Waals surface area contributed by atoms with Crippen molar-refractivity contribution in [3.8, 4) is 17.6 Å². The predicted molar refractivity (Wildman–Crippen MR) is 65.6 cm³/mol. The van der Waals surface area contributed by atoms with Crippen molar-refractivity contribution < 1.29 is 4.74 Å². The van der Waals surface area contributed by atoms with Crippen LogP contribution in [0.4, 0.5) is 0 Å². The minimum atomic E-state index is 0.518. The fourth-order valence-electron chi connectivity index (χ4n) is 1.46. The van der Waals surface area contributed by atoms with Gasteiger partial charge in [-0.3, -0.25) is 0 Å². The molecular formula is C14H12N2O. The van der Waals surface area contributed by atoms with Crippen LogP contribution in [0.1, 0.15) is 11.1 Å². The molecule has 84 valence electrons. The lowest BCUT2D eigenvalue weighted by Crippen LogP contribution is -1.95. The second kappa shape index (κ2) is 5.15. The topological polar surface area (TPSA) is 59.0 Å². The molecule has 0 spiro atoms. The van der Waals surface area contributed by atoms with Crippen LogP contribution in [0.3, 0.4) is 0 Å². The molecule has 0 aliphatic heterocycles. The fourth-order valence-corrected chi connectivity index (χ4v) is 1.46. The third-order valence-corrected chi connectivity index (χ3v) is 2.36. The van der Waals surface area contributed by atoms with Gasteiger partial charge in [0.1, 0.15) is 11.5 Å². The van der Waals surface area contributed by atoms with E-state index in [-0.39, 0.29) is 0 Å². The van der Waals surface area contributed by atoms with E-state index >= 15 is 0 Å². The van der Waals surface area contributed by atoms with Crippen LogP contribution in [0.2, 0.25) is 0 Å². The molecular weight excluding hydrogens is 212 g/mol. The molecule has 0 unspecified atom stereocenters. The first-order chi connectivity index (χ1) is 8.31. The summed E-state index contributed by atoms with van der Waals surface area (Å²) in [4.78, 5) is 0. The number of rotatable bonds is 3. The van der Waals surface area contributed by atoms with E-state index in [9.17, 15) is 0 Å². The lowest BCUT2D eigenvalue weighted by molar-refractivity contribution is 0.482. The van der Waals surface area contributed by atoms with Gasteiger partial charge >= 0.3 is 0 Å². The van der Waals surface area contributed by atoms with Crippen LogP contribution in [0, 0.1) is 11.3 Å². The van der Waals surface area contributed by atoms with Crippen LogP contribution < -0.4 is 10.5 Å². The summed E-state index contributed by atoms with van der Waals surface area (Å²) in [5.41, 5.74) is 7.16. The molecule has 0 aromatic heterocycles. The Morgan fingerprint density at radius 1 is 1.06 bits per heavy atom. The average molecular weight is 224 g/mol. The zero-order valence-electron chi connectivity index (χ0n) is 9.26. The molecule has 3 heteroatoms. The van der Waals surface area contributed by atoms with E-state index in [2.05, 4.69) is 6.07 Å². The van der Waals surface area contributed by atoms with Crippen LogP contribution in [-0.2, 0) is 6.54 Å². The van der Waals surface area contributed by atoms with Crippen LogP contribution in [-0.4, -0.2) is 0 Å². The van der Waals surface area contributed by atoms with E-state index in [1.807, 2.05) is 30.3 Å². The summed E-state index contributed by atoms with van der Waals surface area (Å²) in [6, 6.07) is 16.7. The Labute approximate surface area is 100 Å². The molecule has 0 aliphatic rings. The van der Waals surface area contributed by atoms with Gasteiger partial charge in [-0.2, -0.15) is 5.26 Å². The van der Waals surface area contributed by atoms with Crippen molar-refractivity contribution in [1.82, 2.24) is 0 Å². The highest BCUT2D eigenvalue weighted by Crippen LogP contribution is 2.22. The SMILES string of the molecule is N#Cc1cccc(Oc2ccc(CN)cc2)c1. The Hall–Kier alpha value is -2.31. The smallest absolute Gasteiger partial charge is 0.128 e. The maximum atomic E-state index is 8.78. The number of ether oxygens (including phenoxy) is 1. The first-order valence-corrected chi connectivity index (χ1v) is 5.29. The molecule has 2 aromatic carbocycles. The second-order valence-corrected chi connectivity index (χ2v) is 3.59. The van der Waals surface area contributed by atoms with Gasteiger partial charge in [0.05, 0.1) is 11.6 Å². The molecule has 2 N–H and O–H groups in total. The molecule has 0 amide bonds. The molecule has 2 rings (SSSR count).